The van der Waals surface area contributed by atoms with Gasteiger partial charge in [0.05, 0.1) is 12.6 Å². The van der Waals surface area contributed by atoms with Crippen LogP contribution in [0.3, 0.4) is 0 Å². The smallest absolute Gasteiger partial charge is 0.303 e. The minimum absolute atomic E-state index is 0.271. The van der Waals surface area contributed by atoms with E-state index in [0.29, 0.717) is 11.8 Å². The lowest BCUT2D eigenvalue weighted by molar-refractivity contribution is -0.137. The first-order valence-corrected chi connectivity index (χ1v) is 14.1. The van der Waals surface area contributed by atoms with Gasteiger partial charge >= 0.3 is 5.97 Å². The van der Waals surface area contributed by atoms with E-state index in [1.807, 2.05) is 30.1 Å². The van der Waals surface area contributed by atoms with Crippen molar-refractivity contribution in [3.8, 4) is 5.75 Å². The zero-order valence-corrected chi connectivity index (χ0v) is 21.5. The van der Waals surface area contributed by atoms with Gasteiger partial charge in [0.1, 0.15) is 5.75 Å². The molecule has 34 heavy (non-hydrogen) atoms. The van der Waals surface area contributed by atoms with Crippen molar-refractivity contribution in [2.24, 2.45) is 11.8 Å². The summed E-state index contributed by atoms with van der Waals surface area (Å²) < 4.78 is 5.41. The molecule has 0 unspecified atom stereocenters. The summed E-state index contributed by atoms with van der Waals surface area (Å²) in [6.07, 6.45) is 7.38. The number of rotatable bonds is 12. The van der Waals surface area contributed by atoms with Crippen molar-refractivity contribution in [3.05, 3.63) is 52.9 Å². The van der Waals surface area contributed by atoms with Crippen LogP contribution in [0, 0.1) is 11.8 Å². The van der Waals surface area contributed by atoms with E-state index in [1.54, 1.807) is 18.4 Å². The second-order valence-electron chi connectivity index (χ2n) is 9.09. The summed E-state index contributed by atoms with van der Waals surface area (Å²) in [6.45, 7) is 3.22. The molecule has 3 heterocycles. The fourth-order valence-electron chi connectivity index (χ4n) is 5.08. The van der Waals surface area contributed by atoms with Gasteiger partial charge in [-0.05, 0) is 91.8 Å². The number of hydrogen-bond acceptors (Lipinski definition) is 6. The Hall–Kier alpha value is -2.09. The molecule has 1 aliphatic heterocycles. The van der Waals surface area contributed by atoms with Gasteiger partial charge in [0.15, 0.2) is 0 Å². The minimum Gasteiger partial charge on any atom is -0.497 e. The highest BCUT2D eigenvalue weighted by molar-refractivity contribution is 7.99. The van der Waals surface area contributed by atoms with E-state index in [9.17, 15) is 9.90 Å². The molecule has 1 aromatic carbocycles. The Kier molecular flexibility index (Phi) is 9.25. The number of aryl methyl sites for hydroxylation is 1. The van der Waals surface area contributed by atoms with Gasteiger partial charge in [-0.3, -0.25) is 9.78 Å². The fraction of sp³-hybridized carbons (Fsp3) is 0.481. The number of aromatic nitrogens is 1. The minimum atomic E-state index is -0.680. The number of aliphatic carboxylic acids is 1. The Morgan fingerprint density at radius 2 is 2.18 bits per heavy atom. The quantitative estimate of drug-likeness (QED) is 0.299. The number of carboxylic acids is 1. The fourth-order valence-corrected chi connectivity index (χ4v) is 6.87. The van der Waals surface area contributed by atoms with E-state index in [0.717, 1.165) is 68.8 Å². The van der Waals surface area contributed by atoms with Gasteiger partial charge in [0.2, 0.25) is 0 Å². The van der Waals surface area contributed by atoms with Gasteiger partial charge in [-0.2, -0.15) is 11.3 Å². The average molecular weight is 499 g/mol. The molecule has 1 fully saturated rings. The third kappa shape index (κ3) is 6.96. The maximum atomic E-state index is 11.3. The molecule has 2 aromatic heterocycles. The maximum Gasteiger partial charge on any atom is 0.303 e. The van der Waals surface area contributed by atoms with Gasteiger partial charge in [-0.15, -0.1) is 11.8 Å². The van der Waals surface area contributed by atoms with Crippen molar-refractivity contribution in [1.29, 1.82) is 0 Å². The van der Waals surface area contributed by atoms with Crippen molar-refractivity contribution in [3.63, 3.8) is 0 Å². The number of methoxy groups -OCH3 is 1. The summed E-state index contributed by atoms with van der Waals surface area (Å²) >= 11 is 3.66. The predicted octanol–water partition coefficient (Wildman–Crippen LogP) is 6.22. The number of piperidine rings is 1. The molecule has 0 bridgehead atoms. The number of fused-ring (bicyclic) bond motifs is 1. The zero-order chi connectivity index (χ0) is 23.8. The van der Waals surface area contributed by atoms with Crippen molar-refractivity contribution < 1.29 is 14.6 Å². The number of thiophene rings is 1. The first kappa shape index (κ1) is 25.0. The van der Waals surface area contributed by atoms with Crippen LogP contribution in [0.1, 0.15) is 37.7 Å². The lowest BCUT2D eigenvalue weighted by Gasteiger charge is -2.39. The molecule has 2 atom stereocenters. The van der Waals surface area contributed by atoms with Crippen LogP contribution in [0.4, 0.5) is 0 Å². The Labute approximate surface area is 210 Å². The third-order valence-corrected chi connectivity index (χ3v) is 8.74. The molecule has 182 valence electrons. The lowest BCUT2D eigenvalue weighted by atomic mass is 9.79. The standard InChI is InChI=1S/C27H34N2O3S2/c1-32-23-6-7-26-25(17-23)21(9-12-28-26)4-2-3-20-10-13-29(18-22(20)5-8-27(30)31)14-16-34-24-11-15-33-19-24/h6-7,9,11-12,15,17,19-20,22H,2-5,8,10,13-14,16,18H2,1H3,(H,30,31)/t20-,22+/m1/s1. The van der Waals surface area contributed by atoms with Crippen LogP contribution in [0.2, 0.25) is 0 Å². The molecular weight excluding hydrogens is 464 g/mol. The average Bonchev–Trinajstić information content (AvgIpc) is 3.37. The van der Waals surface area contributed by atoms with Crippen LogP contribution in [-0.2, 0) is 11.2 Å². The largest absolute Gasteiger partial charge is 0.497 e. The zero-order valence-electron chi connectivity index (χ0n) is 19.8. The van der Waals surface area contributed by atoms with Crippen LogP contribution in [0.5, 0.6) is 5.75 Å². The molecule has 0 spiro atoms. The number of thioether (sulfide) groups is 1. The van der Waals surface area contributed by atoms with Crippen LogP contribution in [0.15, 0.2) is 52.2 Å². The summed E-state index contributed by atoms with van der Waals surface area (Å²) in [5.41, 5.74) is 2.32. The van der Waals surface area contributed by atoms with Gasteiger partial charge in [0, 0.05) is 47.1 Å². The molecule has 7 heteroatoms. The molecule has 4 rings (SSSR count). The number of likely N-dealkylation sites (tertiary alicyclic amines) is 1. The summed E-state index contributed by atoms with van der Waals surface area (Å²) in [7, 11) is 1.70. The number of hydrogen-bond donors (Lipinski definition) is 1. The monoisotopic (exact) mass is 498 g/mol. The molecule has 5 nitrogen and oxygen atoms in total. The molecular formula is C27H34N2O3S2. The summed E-state index contributed by atoms with van der Waals surface area (Å²) in [5, 5.41) is 14.8. The van der Waals surface area contributed by atoms with Gasteiger partial charge in [0.25, 0.3) is 0 Å². The first-order chi connectivity index (χ1) is 16.6. The maximum absolute atomic E-state index is 11.3. The number of pyridine rings is 1. The van der Waals surface area contributed by atoms with E-state index in [2.05, 4.69) is 38.8 Å². The summed E-state index contributed by atoms with van der Waals surface area (Å²) in [5.74, 6) is 2.33. The van der Waals surface area contributed by atoms with Gasteiger partial charge < -0.3 is 14.7 Å². The highest BCUT2D eigenvalue weighted by Gasteiger charge is 2.29. The number of carboxylic acid groups (broad SMARTS) is 1. The van der Waals surface area contributed by atoms with Crippen molar-refractivity contribution in [2.75, 3.05) is 32.5 Å². The predicted molar refractivity (Wildman–Crippen MR) is 141 cm³/mol. The van der Waals surface area contributed by atoms with Crippen molar-refractivity contribution in [1.82, 2.24) is 9.88 Å². The Bertz CT molecular complexity index is 1060. The highest BCUT2D eigenvalue weighted by atomic mass is 32.2. The van der Waals surface area contributed by atoms with E-state index in [4.69, 9.17) is 4.74 Å². The molecule has 3 aromatic rings. The first-order valence-electron chi connectivity index (χ1n) is 12.1. The second-order valence-corrected chi connectivity index (χ2v) is 11.0. The number of benzene rings is 1. The van der Waals surface area contributed by atoms with Crippen molar-refractivity contribution in [2.45, 2.75) is 43.4 Å². The Morgan fingerprint density at radius 1 is 1.26 bits per heavy atom. The highest BCUT2D eigenvalue weighted by Crippen LogP contribution is 2.33. The SMILES string of the molecule is COc1ccc2nccc(CCC[C@@H]3CCN(CCSc4ccsc4)C[C@@H]3CCC(=O)O)c2c1. The molecule has 0 radical (unpaired) electrons. The van der Waals surface area contributed by atoms with E-state index in [-0.39, 0.29) is 6.42 Å². The van der Waals surface area contributed by atoms with Crippen molar-refractivity contribution >= 4 is 40.0 Å². The second kappa shape index (κ2) is 12.6. The Morgan fingerprint density at radius 3 is 2.97 bits per heavy atom. The summed E-state index contributed by atoms with van der Waals surface area (Å²) in [4.78, 5) is 19.7. The van der Waals surface area contributed by atoms with E-state index in [1.165, 1.54) is 15.8 Å². The number of ether oxygens (including phenoxy) is 1. The molecule has 0 amide bonds. The van der Waals surface area contributed by atoms with E-state index < -0.39 is 5.97 Å². The normalized spacial score (nSPS) is 18.9. The van der Waals surface area contributed by atoms with Gasteiger partial charge in [-0.1, -0.05) is 0 Å². The van der Waals surface area contributed by atoms with Crippen LogP contribution in [0.25, 0.3) is 10.9 Å². The molecule has 0 saturated carbocycles. The number of carbonyl (C=O) groups is 1. The molecule has 1 saturated heterocycles. The molecule has 1 aliphatic rings. The summed E-state index contributed by atoms with van der Waals surface area (Å²) in [6, 6.07) is 10.4. The molecule has 1 N–H and O–H groups in total. The lowest BCUT2D eigenvalue weighted by Crippen LogP contribution is -2.41. The van der Waals surface area contributed by atoms with Crippen LogP contribution >= 0.6 is 23.1 Å². The van der Waals surface area contributed by atoms with Crippen LogP contribution < -0.4 is 4.74 Å². The third-order valence-electron chi connectivity index (χ3n) is 6.94. The molecule has 0 aliphatic carbocycles. The van der Waals surface area contributed by atoms with Crippen LogP contribution in [-0.4, -0.2) is 53.5 Å². The Balaban J connectivity index is 1.32. The topological polar surface area (TPSA) is 62.7 Å². The van der Waals surface area contributed by atoms with Gasteiger partial charge in [-0.25, -0.2) is 0 Å². The van der Waals surface area contributed by atoms with E-state index >= 15 is 0 Å². The number of nitrogens with zero attached hydrogens (tertiary/aromatic N) is 2.